The Kier molecular flexibility index (Phi) is 6.48. The summed E-state index contributed by atoms with van der Waals surface area (Å²) in [5.41, 5.74) is 6.35. The molecule has 0 aromatic heterocycles. The summed E-state index contributed by atoms with van der Waals surface area (Å²) >= 11 is 6.84. The van der Waals surface area contributed by atoms with Crippen molar-refractivity contribution in [3.05, 3.63) is 26.6 Å². The highest BCUT2D eigenvalue weighted by Gasteiger charge is 2.18. The Labute approximate surface area is 136 Å². The van der Waals surface area contributed by atoms with Crippen molar-refractivity contribution in [1.29, 1.82) is 0 Å². The van der Waals surface area contributed by atoms with Crippen LogP contribution in [0.1, 0.15) is 32.8 Å². The third kappa shape index (κ3) is 5.07. The van der Waals surface area contributed by atoms with Crippen molar-refractivity contribution in [2.45, 2.75) is 39.3 Å². The van der Waals surface area contributed by atoms with Crippen LogP contribution in [-0.2, 0) is 11.3 Å². The zero-order valence-corrected chi connectivity index (χ0v) is 15.1. The van der Waals surface area contributed by atoms with Crippen LogP contribution in [0, 0.1) is 0 Å². The Morgan fingerprint density at radius 1 is 1.35 bits per heavy atom. The summed E-state index contributed by atoms with van der Waals surface area (Å²) in [7, 11) is 0. The molecule has 1 rings (SSSR count). The van der Waals surface area contributed by atoms with Crippen molar-refractivity contribution >= 4 is 37.8 Å². The molecular formula is C14H20Br2N2O2. The Morgan fingerprint density at radius 3 is 2.35 bits per heavy atom. The topological polar surface area (TPSA) is 64.3 Å². The van der Waals surface area contributed by atoms with Crippen molar-refractivity contribution in [1.82, 2.24) is 5.32 Å². The van der Waals surface area contributed by atoms with Crippen LogP contribution in [0.3, 0.4) is 0 Å². The molecule has 0 radical (unpaired) electrons. The minimum absolute atomic E-state index is 0.0252. The van der Waals surface area contributed by atoms with Crippen molar-refractivity contribution in [2.75, 3.05) is 6.61 Å². The number of amides is 1. The van der Waals surface area contributed by atoms with Gasteiger partial charge in [0.1, 0.15) is 5.75 Å². The van der Waals surface area contributed by atoms with Crippen LogP contribution < -0.4 is 15.8 Å². The lowest BCUT2D eigenvalue weighted by Gasteiger charge is -2.24. The molecule has 4 nitrogen and oxygen atoms in total. The minimum Gasteiger partial charge on any atom is -0.481 e. The normalized spacial score (nSPS) is 11.3. The molecule has 0 heterocycles. The minimum atomic E-state index is -0.224. The number of hydrogen-bond donors (Lipinski definition) is 2. The number of hydrogen-bond acceptors (Lipinski definition) is 3. The number of nitrogens with one attached hydrogen (secondary N) is 1. The van der Waals surface area contributed by atoms with E-state index >= 15 is 0 Å². The van der Waals surface area contributed by atoms with E-state index in [9.17, 15) is 4.79 Å². The number of carbonyl (C=O) groups is 1. The van der Waals surface area contributed by atoms with Gasteiger partial charge in [0, 0.05) is 12.1 Å². The van der Waals surface area contributed by atoms with Gasteiger partial charge in [-0.3, -0.25) is 4.79 Å². The van der Waals surface area contributed by atoms with Crippen LogP contribution in [0.4, 0.5) is 0 Å². The SMILES string of the molecule is CCC(C)(C)NC(=O)COc1c(Br)cc(CN)cc1Br. The van der Waals surface area contributed by atoms with E-state index in [-0.39, 0.29) is 18.1 Å². The van der Waals surface area contributed by atoms with Gasteiger partial charge < -0.3 is 15.8 Å². The average molecular weight is 408 g/mol. The lowest BCUT2D eigenvalue weighted by atomic mass is 10.0. The maximum Gasteiger partial charge on any atom is 0.258 e. The number of ether oxygens (including phenoxy) is 1. The second-order valence-corrected chi connectivity index (χ2v) is 6.88. The first-order chi connectivity index (χ1) is 9.29. The van der Waals surface area contributed by atoms with Crippen LogP contribution in [0.15, 0.2) is 21.1 Å². The lowest BCUT2D eigenvalue weighted by Crippen LogP contribution is -2.44. The maximum absolute atomic E-state index is 11.8. The highest BCUT2D eigenvalue weighted by atomic mass is 79.9. The van der Waals surface area contributed by atoms with Gasteiger partial charge in [0.15, 0.2) is 6.61 Å². The molecule has 1 aromatic rings. The fourth-order valence-electron chi connectivity index (χ4n) is 1.51. The highest BCUT2D eigenvalue weighted by Crippen LogP contribution is 2.34. The average Bonchev–Trinajstić information content (AvgIpc) is 2.36. The van der Waals surface area contributed by atoms with E-state index < -0.39 is 0 Å². The summed E-state index contributed by atoms with van der Waals surface area (Å²) in [4.78, 5) is 11.8. The third-order valence-electron chi connectivity index (χ3n) is 3.00. The Bertz CT molecular complexity index is 467. The summed E-state index contributed by atoms with van der Waals surface area (Å²) in [6.07, 6.45) is 0.858. The third-order valence-corrected chi connectivity index (χ3v) is 4.18. The molecule has 6 heteroatoms. The van der Waals surface area contributed by atoms with Crippen LogP contribution in [0.25, 0.3) is 0 Å². The molecule has 0 bridgehead atoms. The second-order valence-electron chi connectivity index (χ2n) is 5.17. The Hall–Kier alpha value is -0.590. The van der Waals surface area contributed by atoms with E-state index in [1.165, 1.54) is 0 Å². The number of carbonyl (C=O) groups excluding carboxylic acids is 1. The predicted molar refractivity (Wildman–Crippen MR) is 87.7 cm³/mol. The molecular weight excluding hydrogens is 388 g/mol. The zero-order chi connectivity index (χ0) is 15.3. The van der Waals surface area contributed by atoms with Gasteiger partial charge in [-0.25, -0.2) is 0 Å². The largest absolute Gasteiger partial charge is 0.481 e. The van der Waals surface area contributed by atoms with Crippen molar-refractivity contribution in [3.8, 4) is 5.75 Å². The monoisotopic (exact) mass is 406 g/mol. The fraction of sp³-hybridized carbons (Fsp3) is 0.500. The van der Waals surface area contributed by atoms with Crippen molar-refractivity contribution in [3.63, 3.8) is 0 Å². The first-order valence-electron chi connectivity index (χ1n) is 6.41. The molecule has 0 saturated heterocycles. The van der Waals surface area contributed by atoms with E-state index in [2.05, 4.69) is 37.2 Å². The van der Waals surface area contributed by atoms with Crippen LogP contribution in [-0.4, -0.2) is 18.1 Å². The zero-order valence-electron chi connectivity index (χ0n) is 11.9. The molecule has 0 atom stereocenters. The fourth-order valence-corrected chi connectivity index (χ4v) is 3.02. The first-order valence-corrected chi connectivity index (χ1v) is 7.99. The summed E-state index contributed by atoms with van der Waals surface area (Å²) in [6, 6.07) is 3.77. The molecule has 0 aliphatic carbocycles. The molecule has 0 fully saturated rings. The summed E-state index contributed by atoms with van der Waals surface area (Å²) in [5, 5.41) is 2.92. The summed E-state index contributed by atoms with van der Waals surface area (Å²) in [5.74, 6) is 0.463. The molecule has 0 spiro atoms. The van der Waals surface area contributed by atoms with Gasteiger partial charge >= 0.3 is 0 Å². The number of rotatable bonds is 6. The lowest BCUT2D eigenvalue weighted by molar-refractivity contribution is -0.124. The van der Waals surface area contributed by atoms with Gasteiger partial charge in [0.25, 0.3) is 5.91 Å². The van der Waals surface area contributed by atoms with Crippen molar-refractivity contribution in [2.24, 2.45) is 5.73 Å². The highest BCUT2D eigenvalue weighted by molar-refractivity contribution is 9.11. The number of halogens is 2. The second kappa shape index (κ2) is 7.43. The molecule has 3 N–H and O–H groups in total. The van der Waals surface area contributed by atoms with Crippen molar-refractivity contribution < 1.29 is 9.53 Å². The predicted octanol–water partition coefficient (Wildman–Crippen LogP) is 3.35. The molecule has 20 heavy (non-hydrogen) atoms. The Morgan fingerprint density at radius 2 is 1.90 bits per heavy atom. The van der Waals surface area contributed by atoms with E-state index in [0.717, 1.165) is 20.9 Å². The van der Waals surface area contributed by atoms with E-state index in [1.807, 2.05) is 32.9 Å². The summed E-state index contributed by atoms with van der Waals surface area (Å²) < 4.78 is 7.12. The Balaban J connectivity index is 2.69. The van der Waals surface area contributed by atoms with Gasteiger partial charge in [0.2, 0.25) is 0 Å². The first kappa shape index (κ1) is 17.5. The molecule has 1 amide bonds. The van der Waals surface area contributed by atoms with Crippen LogP contribution >= 0.6 is 31.9 Å². The molecule has 0 saturated carbocycles. The maximum atomic E-state index is 11.8. The molecule has 112 valence electrons. The van der Waals surface area contributed by atoms with Gasteiger partial charge in [-0.1, -0.05) is 6.92 Å². The molecule has 1 aromatic carbocycles. The number of benzene rings is 1. The quantitative estimate of drug-likeness (QED) is 0.759. The molecule has 0 unspecified atom stereocenters. The van der Waals surface area contributed by atoms with Crippen LogP contribution in [0.5, 0.6) is 5.75 Å². The smallest absolute Gasteiger partial charge is 0.258 e. The summed E-state index contributed by atoms with van der Waals surface area (Å²) in [6.45, 7) is 6.41. The molecule has 0 aliphatic heterocycles. The van der Waals surface area contributed by atoms with E-state index in [1.54, 1.807) is 0 Å². The van der Waals surface area contributed by atoms with E-state index in [0.29, 0.717) is 12.3 Å². The van der Waals surface area contributed by atoms with Gasteiger partial charge in [-0.2, -0.15) is 0 Å². The van der Waals surface area contributed by atoms with Gasteiger partial charge in [-0.05, 0) is 69.8 Å². The standard InChI is InChI=1S/C14H20Br2N2O2/c1-4-14(2,3)18-12(19)8-20-13-10(15)5-9(7-17)6-11(13)16/h5-6H,4,7-8,17H2,1-3H3,(H,18,19). The molecule has 0 aliphatic rings. The van der Waals surface area contributed by atoms with Gasteiger partial charge in [0.05, 0.1) is 8.95 Å². The van der Waals surface area contributed by atoms with Crippen LogP contribution in [0.2, 0.25) is 0 Å². The van der Waals surface area contributed by atoms with Gasteiger partial charge in [-0.15, -0.1) is 0 Å². The number of nitrogens with two attached hydrogens (primary N) is 1. The van der Waals surface area contributed by atoms with E-state index in [4.69, 9.17) is 10.5 Å².